The number of fused-ring (bicyclic) bond motifs is 1. The van der Waals surface area contributed by atoms with Gasteiger partial charge in [0.15, 0.2) is 0 Å². The van der Waals surface area contributed by atoms with Crippen molar-refractivity contribution in [2.75, 3.05) is 0 Å². The zero-order chi connectivity index (χ0) is 11.0. The summed E-state index contributed by atoms with van der Waals surface area (Å²) in [5.74, 6) is 0.934. The second kappa shape index (κ2) is 4.42. The molecule has 0 saturated heterocycles. The van der Waals surface area contributed by atoms with Crippen molar-refractivity contribution < 1.29 is 5.11 Å². The molecule has 0 radical (unpaired) electrons. The lowest BCUT2D eigenvalue weighted by Crippen LogP contribution is -2.22. The fraction of sp³-hybridized carbons (Fsp3) is 0.571. The summed E-state index contributed by atoms with van der Waals surface area (Å²) in [5, 5.41) is 10.6. The third kappa shape index (κ3) is 2.28. The van der Waals surface area contributed by atoms with Gasteiger partial charge in [-0.25, -0.2) is 0 Å². The van der Waals surface area contributed by atoms with Crippen LogP contribution in [0.15, 0.2) is 29.2 Å². The van der Waals surface area contributed by atoms with E-state index in [2.05, 4.69) is 24.3 Å². The maximum Gasteiger partial charge on any atom is 0.0665 e. The van der Waals surface area contributed by atoms with Crippen LogP contribution in [0.2, 0.25) is 0 Å². The summed E-state index contributed by atoms with van der Waals surface area (Å²) in [7, 11) is 0. The van der Waals surface area contributed by atoms with Crippen LogP contribution in [0, 0.1) is 5.92 Å². The van der Waals surface area contributed by atoms with Gasteiger partial charge in [-0.1, -0.05) is 31.0 Å². The first-order valence-electron chi connectivity index (χ1n) is 6.25. The summed E-state index contributed by atoms with van der Waals surface area (Å²) in [6.45, 7) is 0. The molecule has 2 unspecified atom stereocenters. The van der Waals surface area contributed by atoms with E-state index in [0.717, 1.165) is 18.8 Å². The zero-order valence-corrected chi connectivity index (χ0v) is 10.2. The number of thioether (sulfide) groups is 1. The number of aliphatic hydroxyl groups is 1. The van der Waals surface area contributed by atoms with E-state index in [9.17, 15) is 5.11 Å². The van der Waals surface area contributed by atoms with Gasteiger partial charge >= 0.3 is 0 Å². The van der Waals surface area contributed by atoms with Crippen LogP contribution in [0.5, 0.6) is 0 Å². The van der Waals surface area contributed by atoms with E-state index in [0.29, 0.717) is 5.25 Å². The van der Waals surface area contributed by atoms with Crippen LogP contribution in [-0.2, 0) is 6.42 Å². The zero-order valence-electron chi connectivity index (χ0n) is 9.43. The number of aliphatic hydroxyl groups excluding tert-OH is 1. The Morgan fingerprint density at radius 1 is 1.31 bits per heavy atom. The van der Waals surface area contributed by atoms with Crippen LogP contribution >= 0.6 is 11.8 Å². The molecule has 1 N–H and O–H groups in total. The first-order chi connectivity index (χ1) is 7.83. The molecule has 1 nitrogen and oxygen atoms in total. The normalized spacial score (nSPS) is 25.4. The molecule has 2 heteroatoms. The topological polar surface area (TPSA) is 20.2 Å². The first-order valence-corrected chi connectivity index (χ1v) is 7.13. The van der Waals surface area contributed by atoms with Crippen LogP contribution in [0.1, 0.15) is 31.2 Å². The molecule has 1 aromatic rings. The highest BCUT2D eigenvalue weighted by Gasteiger charge is 2.29. The minimum Gasteiger partial charge on any atom is -0.392 e. The van der Waals surface area contributed by atoms with Crippen molar-refractivity contribution in [1.82, 2.24) is 0 Å². The summed E-state index contributed by atoms with van der Waals surface area (Å²) >= 11 is 1.87. The lowest BCUT2D eigenvalue weighted by atomic mass is 10.0. The Bertz CT molecular complexity index is 348. The predicted octanol–water partition coefficient (Wildman–Crippen LogP) is 3.25. The molecule has 2 aliphatic rings. The third-order valence-electron chi connectivity index (χ3n) is 3.67. The summed E-state index contributed by atoms with van der Waals surface area (Å²) in [6, 6.07) is 8.55. The summed E-state index contributed by atoms with van der Waals surface area (Å²) in [4.78, 5) is 1.37. The van der Waals surface area contributed by atoms with E-state index >= 15 is 0 Å². The molecule has 86 valence electrons. The Balaban J connectivity index is 1.57. The highest BCUT2D eigenvalue weighted by molar-refractivity contribution is 8.00. The third-order valence-corrected chi connectivity index (χ3v) is 5.10. The van der Waals surface area contributed by atoms with Crippen molar-refractivity contribution >= 4 is 11.8 Å². The van der Waals surface area contributed by atoms with Crippen LogP contribution in [-0.4, -0.2) is 16.5 Å². The molecule has 0 amide bonds. The van der Waals surface area contributed by atoms with Gasteiger partial charge in [-0.3, -0.25) is 0 Å². The highest BCUT2D eigenvalue weighted by Crippen LogP contribution is 2.40. The largest absolute Gasteiger partial charge is 0.392 e. The van der Waals surface area contributed by atoms with Crippen molar-refractivity contribution in [2.45, 2.75) is 48.4 Å². The average Bonchev–Trinajstić information content (AvgIpc) is 3.02. The molecule has 16 heavy (non-hydrogen) atoms. The summed E-state index contributed by atoms with van der Waals surface area (Å²) in [6.07, 6.45) is 5.95. The average molecular weight is 234 g/mol. The van der Waals surface area contributed by atoms with E-state index in [1.54, 1.807) is 0 Å². The smallest absolute Gasteiger partial charge is 0.0665 e. The maximum absolute atomic E-state index is 10.2. The monoisotopic (exact) mass is 234 g/mol. The Morgan fingerprint density at radius 2 is 2.12 bits per heavy atom. The number of rotatable bonds is 4. The van der Waals surface area contributed by atoms with Gasteiger partial charge in [-0.15, -0.1) is 11.8 Å². The van der Waals surface area contributed by atoms with Gasteiger partial charge in [0, 0.05) is 10.1 Å². The van der Waals surface area contributed by atoms with Crippen molar-refractivity contribution in [2.24, 2.45) is 5.92 Å². The van der Waals surface area contributed by atoms with E-state index in [-0.39, 0.29) is 6.10 Å². The standard InChI is InChI=1S/C14H18OS/c15-12(8-7-10-5-6-10)14-9-11-3-1-2-4-13(11)16-14/h1-4,10,12,14-15H,5-9H2. The molecular formula is C14H18OS. The van der Waals surface area contributed by atoms with E-state index in [1.165, 1.54) is 29.7 Å². The van der Waals surface area contributed by atoms with E-state index in [4.69, 9.17) is 0 Å². The van der Waals surface area contributed by atoms with Gasteiger partial charge < -0.3 is 5.11 Å². The second-order valence-corrected chi connectivity index (χ2v) is 6.34. The van der Waals surface area contributed by atoms with Crippen molar-refractivity contribution in [1.29, 1.82) is 0 Å². The fourth-order valence-electron chi connectivity index (χ4n) is 2.42. The lowest BCUT2D eigenvalue weighted by Gasteiger charge is -2.16. The van der Waals surface area contributed by atoms with Gasteiger partial charge in [-0.2, -0.15) is 0 Å². The van der Waals surface area contributed by atoms with Crippen molar-refractivity contribution in [3.8, 4) is 0 Å². The van der Waals surface area contributed by atoms with E-state index < -0.39 is 0 Å². The SMILES string of the molecule is OC(CCC1CC1)C1Cc2ccccc2S1. The molecular weight excluding hydrogens is 216 g/mol. The molecule has 0 bridgehead atoms. The Hall–Kier alpha value is -0.470. The molecule has 3 rings (SSSR count). The van der Waals surface area contributed by atoms with E-state index in [1.807, 2.05) is 11.8 Å². The summed E-state index contributed by atoms with van der Waals surface area (Å²) in [5.41, 5.74) is 1.42. The summed E-state index contributed by atoms with van der Waals surface area (Å²) < 4.78 is 0. The molecule has 0 aromatic heterocycles. The number of hydrogen-bond acceptors (Lipinski definition) is 2. The molecule has 1 heterocycles. The first kappa shape index (κ1) is 10.7. The molecule has 1 saturated carbocycles. The van der Waals surface area contributed by atoms with Gasteiger partial charge in [0.1, 0.15) is 0 Å². The van der Waals surface area contributed by atoms with Gasteiger partial charge in [0.05, 0.1) is 6.10 Å². The number of hydrogen-bond donors (Lipinski definition) is 1. The van der Waals surface area contributed by atoms with Crippen molar-refractivity contribution in [3.63, 3.8) is 0 Å². The highest BCUT2D eigenvalue weighted by atomic mass is 32.2. The van der Waals surface area contributed by atoms with Gasteiger partial charge in [0.25, 0.3) is 0 Å². The molecule has 2 atom stereocenters. The second-order valence-electron chi connectivity index (χ2n) is 5.06. The Kier molecular flexibility index (Phi) is 2.95. The maximum atomic E-state index is 10.2. The minimum absolute atomic E-state index is 0.113. The number of benzene rings is 1. The fourth-order valence-corrected chi connectivity index (χ4v) is 3.76. The molecule has 0 spiro atoms. The van der Waals surface area contributed by atoms with Gasteiger partial charge in [0.2, 0.25) is 0 Å². The lowest BCUT2D eigenvalue weighted by molar-refractivity contribution is 0.157. The molecule has 1 aliphatic heterocycles. The van der Waals surface area contributed by atoms with Crippen LogP contribution in [0.4, 0.5) is 0 Å². The molecule has 1 aromatic carbocycles. The Morgan fingerprint density at radius 3 is 2.88 bits per heavy atom. The minimum atomic E-state index is -0.113. The van der Waals surface area contributed by atoms with Crippen molar-refractivity contribution in [3.05, 3.63) is 29.8 Å². The quantitative estimate of drug-likeness (QED) is 0.863. The molecule has 1 aliphatic carbocycles. The van der Waals surface area contributed by atoms with Gasteiger partial charge in [-0.05, 0) is 36.8 Å². The van der Waals surface area contributed by atoms with Crippen LogP contribution < -0.4 is 0 Å². The van der Waals surface area contributed by atoms with Crippen LogP contribution in [0.3, 0.4) is 0 Å². The molecule has 1 fully saturated rings. The Labute approximate surface area is 101 Å². The predicted molar refractivity (Wildman–Crippen MR) is 67.8 cm³/mol. The van der Waals surface area contributed by atoms with Crippen LogP contribution in [0.25, 0.3) is 0 Å².